The second-order valence-corrected chi connectivity index (χ2v) is 6.62. The van der Waals surface area contributed by atoms with Crippen LogP contribution >= 0.6 is 0 Å². The van der Waals surface area contributed by atoms with Gasteiger partial charge in [-0.2, -0.15) is 13.2 Å². The number of hydrogen-bond donors (Lipinski definition) is 2. The number of rotatable bonds is 5. The zero-order valence-electron chi connectivity index (χ0n) is 14.7. The Morgan fingerprint density at radius 2 is 1.33 bits per heavy atom. The second kappa shape index (κ2) is 7.06. The van der Waals surface area contributed by atoms with E-state index < -0.39 is 29.0 Å². The van der Waals surface area contributed by atoms with Gasteiger partial charge in [0, 0.05) is 11.4 Å². The van der Waals surface area contributed by atoms with Crippen LogP contribution in [-0.4, -0.2) is 11.8 Å². The second-order valence-electron chi connectivity index (χ2n) is 6.62. The lowest BCUT2D eigenvalue weighted by atomic mass is 10.0. The molecule has 2 aromatic rings. The molecule has 7 heteroatoms. The quantitative estimate of drug-likeness (QED) is 0.748. The molecule has 0 aromatic heterocycles. The van der Waals surface area contributed by atoms with Crippen molar-refractivity contribution in [2.45, 2.75) is 32.4 Å². The molecule has 0 bridgehead atoms. The molecule has 0 atom stereocenters. The van der Waals surface area contributed by atoms with E-state index in [1.54, 1.807) is 12.1 Å². The SMILES string of the molecule is CCc1ccc(NC(=O)C2(C(=O)Nc3ccc(C(F)(F)F)cc3)CC2)cc1. The molecule has 0 unspecified atom stereocenters. The average Bonchev–Trinajstić information content (AvgIpc) is 3.44. The molecule has 0 heterocycles. The summed E-state index contributed by atoms with van der Waals surface area (Å²) in [5.74, 6) is -0.916. The minimum absolute atomic E-state index is 0.222. The highest BCUT2D eigenvalue weighted by atomic mass is 19.4. The van der Waals surface area contributed by atoms with Crippen molar-refractivity contribution >= 4 is 23.2 Å². The molecule has 4 nitrogen and oxygen atoms in total. The van der Waals surface area contributed by atoms with Gasteiger partial charge in [0.25, 0.3) is 0 Å². The van der Waals surface area contributed by atoms with Crippen LogP contribution in [0.4, 0.5) is 24.5 Å². The molecule has 2 N–H and O–H groups in total. The van der Waals surface area contributed by atoms with Crippen molar-refractivity contribution in [2.75, 3.05) is 10.6 Å². The van der Waals surface area contributed by atoms with Crippen LogP contribution < -0.4 is 10.6 Å². The van der Waals surface area contributed by atoms with Crippen molar-refractivity contribution in [3.05, 3.63) is 59.7 Å². The van der Waals surface area contributed by atoms with E-state index in [4.69, 9.17) is 0 Å². The molecule has 1 aliphatic carbocycles. The van der Waals surface area contributed by atoms with Crippen molar-refractivity contribution in [1.82, 2.24) is 0 Å². The fraction of sp³-hybridized carbons (Fsp3) is 0.300. The van der Waals surface area contributed by atoms with Crippen LogP contribution in [0.3, 0.4) is 0 Å². The van der Waals surface area contributed by atoms with Crippen LogP contribution in [0.5, 0.6) is 0 Å². The minimum Gasteiger partial charge on any atom is -0.325 e. The third-order valence-electron chi connectivity index (χ3n) is 4.71. The van der Waals surface area contributed by atoms with Gasteiger partial charge in [0.1, 0.15) is 5.41 Å². The molecule has 27 heavy (non-hydrogen) atoms. The van der Waals surface area contributed by atoms with E-state index in [1.807, 2.05) is 19.1 Å². The van der Waals surface area contributed by atoms with Gasteiger partial charge in [0.2, 0.25) is 11.8 Å². The predicted octanol–water partition coefficient (Wildman–Crippen LogP) is 4.63. The van der Waals surface area contributed by atoms with E-state index in [2.05, 4.69) is 10.6 Å². The first-order valence-corrected chi connectivity index (χ1v) is 8.64. The maximum atomic E-state index is 12.6. The van der Waals surface area contributed by atoms with E-state index in [1.165, 1.54) is 12.1 Å². The monoisotopic (exact) mass is 376 g/mol. The van der Waals surface area contributed by atoms with E-state index >= 15 is 0 Å². The Balaban J connectivity index is 1.65. The standard InChI is InChI=1S/C20H19F3N2O2/c1-2-13-3-7-15(8-4-13)24-17(26)19(11-12-19)18(27)25-16-9-5-14(6-10-16)20(21,22)23/h3-10H,2,11-12H2,1H3,(H,24,26)(H,25,27). The lowest BCUT2D eigenvalue weighted by Gasteiger charge is -2.16. The smallest absolute Gasteiger partial charge is 0.325 e. The van der Waals surface area contributed by atoms with Crippen LogP contribution in [-0.2, 0) is 22.2 Å². The van der Waals surface area contributed by atoms with Gasteiger partial charge in [-0.3, -0.25) is 9.59 Å². The summed E-state index contributed by atoms with van der Waals surface area (Å²) in [7, 11) is 0. The highest BCUT2D eigenvalue weighted by molar-refractivity contribution is 6.16. The maximum Gasteiger partial charge on any atom is 0.416 e. The van der Waals surface area contributed by atoms with Crippen LogP contribution in [0, 0.1) is 5.41 Å². The molecular formula is C20H19F3N2O2. The first kappa shape index (κ1) is 18.9. The van der Waals surface area contributed by atoms with Gasteiger partial charge in [-0.25, -0.2) is 0 Å². The highest BCUT2D eigenvalue weighted by Gasteiger charge is 2.56. The molecule has 1 saturated carbocycles. The zero-order valence-corrected chi connectivity index (χ0v) is 14.7. The molecule has 2 amide bonds. The van der Waals surface area contributed by atoms with Crippen molar-refractivity contribution < 1.29 is 22.8 Å². The fourth-order valence-electron chi connectivity index (χ4n) is 2.75. The molecule has 2 aromatic carbocycles. The molecule has 3 rings (SSSR count). The number of carbonyl (C=O) groups is 2. The Hall–Kier alpha value is -2.83. The van der Waals surface area contributed by atoms with Crippen LogP contribution in [0.25, 0.3) is 0 Å². The molecule has 0 radical (unpaired) electrons. The number of halogens is 3. The maximum absolute atomic E-state index is 12.6. The van der Waals surface area contributed by atoms with Crippen molar-refractivity contribution in [3.63, 3.8) is 0 Å². The number of amides is 2. The first-order chi connectivity index (χ1) is 12.7. The van der Waals surface area contributed by atoms with E-state index in [0.717, 1.165) is 24.1 Å². The van der Waals surface area contributed by atoms with Gasteiger partial charge in [-0.1, -0.05) is 19.1 Å². The lowest BCUT2D eigenvalue weighted by Crippen LogP contribution is -2.35. The number of carbonyl (C=O) groups excluding carboxylic acids is 2. The Morgan fingerprint density at radius 1 is 0.889 bits per heavy atom. The minimum atomic E-state index is -4.44. The molecule has 1 fully saturated rings. The van der Waals surface area contributed by atoms with Gasteiger partial charge in [-0.05, 0) is 61.2 Å². The molecule has 0 spiro atoms. The number of nitrogens with one attached hydrogen (secondary N) is 2. The summed E-state index contributed by atoms with van der Waals surface area (Å²) >= 11 is 0. The van der Waals surface area contributed by atoms with E-state index in [0.29, 0.717) is 18.5 Å². The number of hydrogen-bond acceptors (Lipinski definition) is 2. The third kappa shape index (κ3) is 4.13. The summed E-state index contributed by atoms with van der Waals surface area (Å²) in [4.78, 5) is 25.1. The predicted molar refractivity (Wildman–Crippen MR) is 96.2 cm³/mol. The topological polar surface area (TPSA) is 58.2 Å². The van der Waals surface area contributed by atoms with Crippen LogP contribution in [0.1, 0.15) is 30.9 Å². The van der Waals surface area contributed by atoms with Gasteiger partial charge in [0.15, 0.2) is 0 Å². The summed E-state index contributed by atoms with van der Waals surface area (Å²) in [6.07, 6.45) is -2.75. The number of anilines is 2. The lowest BCUT2D eigenvalue weighted by molar-refractivity contribution is -0.137. The molecule has 1 aliphatic rings. The number of benzene rings is 2. The fourth-order valence-corrected chi connectivity index (χ4v) is 2.75. The van der Waals surface area contributed by atoms with Crippen LogP contribution in [0.2, 0.25) is 0 Å². The Labute approximate surface area is 154 Å². The number of aryl methyl sites for hydroxylation is 1. The summed E-state index contributed by atoms with van der Waals surface area (Å²) in [5.41, 5.74) is -0.0131. The van der Waals surface area contributed by atoms with Gasteiger partial charge >= 0.3 is 6.18 Å². The van der Waals surface area contributed by atoms with Gasteiger partial charge in [0.05, 0.1) is 5.56 Å². The van der Waals surface area contributed by atoms with Crippen LogP contribution in [0.15, 0.2) is 48.5 Å². The van der Waals surface area contributed by atoms with Gasteiger partial charge < -0.3 is 10.6 Å². The van der Waals surface area contributed by atoms with Gasteiger partial charge in [-0.15, -0.1) is 0 Å². The summed E-state index contributed by atoms with van der Waals surface area (Å²) in [6, 6.07) is 11.5. The Bertz CT molecular complexity index is 839. The van der Waals surface area contributed by atoms with Crippen molar-refractivity contribution in [3.8, 4) is 0 Å². The summed E-state index contributed by atoms with van der Waals surface area (Å²) in [5, 5.41) is 5.28. The average molecular weight is 376 g/mol. The molecular weight excluding hydrogens is 357 g/mol. The molecule has 0 aliphatic heterocycles. The Morgan fingerprint density at radius 3 is 1.70 bits per heavy atom. The molecule has 142 valence electrons. The summed E-state index contributed by atoms with van der Waals surface area (Å²) in [6.45, 7) is 2.03. The Kier molecular flexibility index (Phi) is 4.95. The first-order valence-electron chi connectivity index (χ1n) is 8.64. The largest absolute Gasteiger partial charge is 0.416 e. The normalized spacial score (nSPS) is 15.1. The zero-order chi connectivity index (χ0) is 19.7. The van der Waals surface area contributed by atoms with Crippen molar-refractivity contribution in [1.29, 1.82) is 0 Å². The van der Waals surface area contributed by atoms with Crippen molar-refractivity contribution in [2.24, 2.45) is 5.41 Å². The number of alkyl halides is 3. The molecule has 0 saturated heterocycles. The van der Waals surface area contributed by atoms with E-state index in [-0.39, 0.29) is 5.69 Å². The third-order valence-corrected chi connectivity index (χ3v) is 4.71. The summed E-state index contributed by atoms with van der Waals surface area (Å²) < 4.78 is 37.8. The van der Waals surface area contributed by atoms with E-state index in [9.17, 15) is 22.8 Å². The highest BCUT2D eigenvalue weighted by Crippen LogP contribution is 2.47.